The molecule has 0 fully saturated rings. The number of rotatable bonds is 6. The lowest BCUT2D eigenvalue weighted by atomic mass is 10.1. The Hall–Kier alpha value is -1.20. The zero-order valence-corrected chi connectivity index (χ0v) is 13.8. The first kappa shape index (κ1) is 16.9. The summed E-state index contributed by atoms with van der Waals surface area (Å²) in [6.07, 6.45) is 1.06. The minimum atomic E-state index is 0.494. The third-order valence-electron chi connectivity index (χ3n) is 2.73. The fourth-order valence-corrected chi connectivity index (χ4v) is 2.04. The van der Waals surface area contributed by atoms with Crippen molar-refractivity contribution < 1.29 is 9.47 Å². The molecule has 0 heterocycles. The molecule has 0 spiro atoms. The molecular weight excluding hydrogens is 296 g/mol. The maximum atomic E-state index is 6.05. The van der Waals surface area contributed by atoms with Gasteiger partial charge >= 0.3 is 0 Å². The first-order valence-corrected chi connectivity index (χ1v) is 7.23. The summed E-state index contributed by atoms with van der Waals surface area (Å²) >= 11 is 11.3. The van der Waals surface area contributed by atoms with E-state index in [-0.39, 0.29) is 0 Å². The minimum Gasteiger partial charge on any atom is -0.495 e. The Balaban J connectivity index is 2.72. The molecule has 0 aliphatic heterocycles. The van der Waals surface area contributed by atoms with E-state index in [2.05, 4.69) is 24.5 Å². The number of methoxy groups -OCH3 is 2. The number of nitrogens with one attached hydrogen (secondary N) is 2. The summed E-state index contributed by atoms with van der Waals surface area (Å²) in [5.74, 6) is 1.82. The van der Waals surface area contributed by atoms with Gasteiger partial charge in [-0.25, -0.2) is 0 Å². The molecule has 0 atom stereocenters. The van der Waals surface area contributed by atoms with Crippen LogP contribution in [-0.2, 0) is 0 Å². The molecule has 0 unspecified atom stereocenters. The maximum absolute atomic E-state index is 6.05. The van der Waals surface area contributed by atoms with Crippen molar-refractivity contribution in [3.05, 3.63) is 17.2 Å². The van der Waals surface area contributed by atoms with Crippen LogP contribution in [0.5, 0.6) is 11.5 Å². The van der Waals surface area contributed by atoms with Crippen molar-refractivity contribution in [2.45, 2.75) is 20.3 Å². The smallest absolute Gasteiger partial charge is 0.170 e. The highest BCUT2D eigenvalue weighted by Gasteiger charge is 2.11. The largest absolute Gasteiger partial charge is 0.495 e. The van der Waals surface area contributed by atoms with Gasteiger partial charge in [0, 0.05) is 18.7 Å². The summed E-state index contributed by atoms with van der Waals surface area (Å²) in [5, 5.41) is 7.29. The minimum absolute atomic E-state index is 0.494. The Bertz CT molecular complexity index is 467. The second-order valence-electron chi connectivity index (χ2n) is 4.75. The molecule has 0 saturated heterocycles. The van der Waals surface area contributed by atoms with Gasteiger partial charge in [-0.05, 0) is 24.6 Å². The molecule has 0 aliphatic carbocycles. The number of benzene rings is 1. The van der Waals surface area contributed by atoms with Gasteiger partial charge in [-0.15, -0.1) is 0 Å². The molecule has 0 aliphatic rings. The fourth-order valence-electron chi connectivity index (χ4n) is 1.60. The number of hydrogen-bond donors (Lipinski definition) is 2. The molecule has 4 nitrogen and oxygen atoms in total. The fraction of sp³-hybridized carbons (Fsp3) is 0.500. The lowest BCUT2D eigenvalue weighted by Crippen LogP contribution is -2.30. The monoisotopic (exact) mass is 316 g/mol. The maximum Gasteiger partial charge on any atom is 0.170 e. The van der Waals surface area contributed by atoms with Crippen LogP contribution in [0.2, 0.25) is 5.02 Å². The number of hydrogen-bond acceptors (Lipinski definition) is 3. The summed E-state index contributed by atoms with van der Waals surface area (Å²) in [6, 6.07) is 3.46. The van der Waals surface area contributed by atoms with E-state index in [0.717, 1.165) is 18.7 Å². The van der Waals surface area contributed by atoms with Crippen molar-refractivity contribution in [3.8, 4) is 11.5 Å². The third kappa shape index (κ3) is 5.06. The van der Waals surface area contributed by atoms with Crippen LogP contribution in [0.4, 0.5) is 5.69 Å². The topological polar surface area (TPSA) is 42.5 Å². The first-order valence-electron chi connectivity index (χ1n) is 6.44. The van der Waals surface area contributed by atoms with Crippen LogP contribution in [0.25, 0.3) is 0 Å². The van der Waals surface area contributed by atoms with E-state index < -0.39 is 0 Å². The van der Waals surface area contributed by atoms with Gasteiger partial charge < -0.3 is 20.1 Å². The van der Waals surface area contributed by atoms with Gasteiger partial charge in [0.15, 0.2) is 5.11 Å². The molecule has 20 heavy (non-hydrogen) atoms. The second kappa shape index (κ2) is 8.17. The SMILES string of the molecule is COc1cc(NC(=S)NCCC(C)C)c(OC)cc1Cl. The van der Waals surface area contributed by atoms with E-state index in [9.17, 15) is 0 Å². The van der Waals surface area contributed by atoms with E-state index in [1.165, 1.54) is 0 Å². The van der Waals surface area contributed by atoms with Crippen molar-refractivity contribution in [3.63, 3.8) is 0 Å². The predicted molar refractivity (Wildman–Crippen MR) is 88.2 cm³/mol. The lowest BCUT2D eigenvalue weighted by Gasteiger charge is -2.15. The Labute approximate surface area is 130 Å². The average molecular weight is 317 g/mol. The van der Waals surface area contributed by atoms with E-state index in [1.807, 2.05) is 0 Å². The van der Waals surface area contributed by atoms with Crippen molar-refractivity contribution in [2.24, 2.45) is 5.92 Å². The van der Waals surface area contributed by atoms with Crippen molar-refractivity contribution >= 4 is 34.6 Å². The number of ether oxygens (including phenoxy) is 2. The molecule has 0 amide bonds. The molecular formula is C14H21ClN2O2S. The standard InChI is InChI=1S/C14H21ClN2O2S/c1-9(2)5-6-16-14(20)17-11-8-12(18-3)10(15)7-13(11)19-4/h7-9H,5-6H2,1-4H3,(H2,16,17,20). The highest BCUT2D eigenvalue weighted by molar-refractivity contribution is 7.80. The molecule has 112 valence electrons. The van der Waals surface area contributed by atoms with Crippen molar-refractivity contribution in [1.29, 1.82) is 0 Å². The highest BCUT2D eigenvalue weighted by Crippen LogP contribution is 2.35. The van der Waals surface area contributed by atoms with Crippen LogP contribution in [0.15, 0.2) is 12.1 Å². The summed E-state index contributed by atoms with van der Waals surface area (Å²) in [4.78, 5) is 0. The van der Waals surface area contributed by atoms with Crippen LogP contribution in [0.3, 0.4) is 0 Å². The number of halogens is 1. The number of thiocarbonyl (C=S) groups is 1. The highest BCUT2D eigenvalue weighted by atomic mass is 35.5. The molecule has 1 aromatic rings. The molecule has 6 heteroatoms. The van der Waals surface area contributed by atoms with Gasteiger partial charge in [0.05, 0.1) is 24.9 Å². The molecule has 2 N–H and O–H groups in total. The third-order valence-corrected chi connectivity index (χ3v) is 3.27. The molecule has 1 rings (SSSR count). The molecule has 1 aromatic carbocycles. The predicted octanol–water partition coefficient (Wildman–Crippen LogP) is 3.69. The van der Waals surface area contributed by atoms with Crippen molar-refractivity contribution in [2.75, 3.05) is 26.1 Å². The van der Waals surface area contributed by atoms with E-state index in [0.29, 0.717) is 27.6 Å². The second-order valence-corrected chi connectivity index (χ2v) is 5.57. The van der Waals surface area contributed by atoms with Gasteiger partial charge in [0.1, 0.15) is 11.5 Å². The first-order chi connectivity index (χ1) is 9.47. The Kier molecular flexibility index (Phi) is 6.88. The zero-order valence-electron chi connectivity index (χ0n) is 12.2. The molecule has 0 radical (unpaired) electrons. The van der Waals surface area contributed by atoms with Crippen LogP contribution in [0.1, 0.15) is 20.3 Å². The Morgan fingerprint density at radius 3 is 2.45 bits per heavy atom. The van der Waals surface area contributed by atoms with Crippen LogP contribution in [-0.4, -0.2) is 25.9 Å². The Morgan fingerprint density at radius 2 is 1.90 bits per heavy atom. The summed E-state index contributed by atoms with van der Waals surface area (Å²) in [5.41, 5.74) is 0.718. The van der Waals surface area contributed by atoms with Gasteiger partial charge in [0.2, 0.25) is 0 Å². The molecule has 0 saturated carbocycles. The van der Waals surface area contributed by atoms with Gasteiger partial charge in [-0.2, -0.15) is 0 Å². The summed E-state index contributed by atoms with van der Waals surface area (Å²) in [6.45, 7) is 5.17. The summed E-state index contributed by atoms with van der Waals surface area (Å²) < 4.78 is 10.5. The van der Waals surface area contributed by atoms with Crippen molar-refractivity contribution in [1.82, 2.24) is 5.32 Å². The normalized spacial score (nSPS) is 10.3. The van der Waals surface area contributed by atoms with Gasteiger partial charge in [-0.3, -0.25) is 0 Å². The van der Waals surface area contributed by atoms with Gasteiger partial charge in [0.25, 0.3) is 0 Å². The van der Waals surface area contributed by atoms with Gasteiger partial charge in [-0.1, -0.05) is 25.4 Å². The lowest BCUT2D eigenvalue weighted by molar-refractivity contribution is 0.405. The zero-order chi connectivity index (χ0) is 15.1. The van der Waals surface area contributed by atoms with E-state index >= 15 is 0 Å². The molecule has 0 bridgehead atoms. The van der Waals surface area contributed by atoms with Crippen LogP contribution >= 0.6 is 23.8 Å². The average Bonchev–Trinajstić information content (AvgIpc) is 2.39. The summed E-state index contributed by atoms with van der Waals surface area (Å²) in [7, 11) is 3.15. The quantitative estimate of drug-likeness (QED) is 0.784. The van der Waals surface area contributed by atoms with E-state index in [4.69, 9.17) is 33.3 Å². The van der Waals surface area contributed by atoms with E-state index in [1.54, 1.807) is 26.4 Å². The Morgan fingerprint density at radius 1 is 1.25 bits per heavy atom. The van der Waals surface area contributed by atoms with Crippen LogP contribution < -0.4 is 20.1 Å². The molecule has 0 aromatic heterocycles. The van der Waals surface area contributed by atoms with Crippen LogP contribution in [0, 0.1) is 5.92 Å². The number of anilines is 1.